The lowest BCUT2D eigenvalue weighted by atomic mass is 10.2. The first-order valence-electron chi connectivity index (χ1n) is 5.19. The van der Waals surface area contributed by atoms with E-state index in [9.17, 15) is 4.39 Å². The normalized spacial score (nSPS) is 10.4. The Labute approximate surface area is 127 Å². The lowest BCUT2D eigenvalue weighted by molar-refractivity contribution is 0.628. The van der Waals surface area contributed by atoms with Gasteiger partial charge in [-0.2, -0.15) is 0 Å². The van der Waals surface area contributed by atoms with E-state index >= 15 is 0 Å². The Hall–Kier alpha value is -0.580. The molecule has 0 spiro atoms. The van der Waals surface area contributed by atoms with Crippen molar-refractivity contribution in [3.05, 3.63) is 61.7 Å². The third kappa shape index (κ3) is 3.46. The number of halogens is 4. The van der Waals surface area contributed by atoms with Crippen molar-refractivity contribution < 1.29 is 4.39 Å². The number of hydrogen-bond donors (Lipinski definition) is 1. The Kier molecular flexibility index (Phi) is 4.65. The number of anilines is 1. The average molecular weight is 393 g/mol. The highest BCUT2D eigenvalue weighted by molar-refractivity contribution is 9.13. The van der Waals surface area contributed by atoms with Gasteiger partial charge < -0.3 is 5.32 Å². The van der Waals surface area contributed by atoms with Gasteiger partial charge in [0.05, 0.1) is 5.02 Å². The Morgan fingerprint density at radius 3 is 2.50 bits per heavy atom. The van der Waals surface area contributed by atoms with Gasteiger partial charge in [0.25, 0.3) is 0 Å². The number of hydrogen-bond acceptors (Lipinski definition) is 1. The maximum Gasteiger partial charge on any atom is 0.143 e. The first kappa shape index (κ1) is 13.8. The van der Waals surface area contributed by atoms with Crippen LogP contribution in [0.4, 0.5) is 10.1 Å². The van der Waals surface area contributed by atoms with Crippen molar-refractivity contribution in [1.29, 1.82) is 0 Å². The summed E-state index contributed by atoms with van der Waals surface area (Å²) in [4.78, 5) is 0. The molecule has 0 bridgehead atoms. The van der Waals surface area contributed by atoms with Crippen molar-refractivity contribution in [3.8, 4) is 0 Å². The van der Waals surface area contributed by atoms with Crippen LogP contribution in [0.25, 0.3) is 0 Å². The molecule has 2 aromatic rings. The summed E-state index contributed by atoms with van der Waals surface area (Å²) in [6.45, 7) is 0.618. The highest BCUT2D eigenvalue weighted by Gasteiger charge is 2.02. The summed E-state index contributed by atoms with van der Waals surface area (Å²) in [5, 5.41) is 3.27. The molecule has 0 atom stereocenters. The topological polar surface area (TPSA) is 12.0 Å². The third-order valence-corrected chi connectivity index (χ3v) is 4.59. The molecule has 2 aromatic carbocycles. The number of nitrogens with one attached hydrogen (secondary N) is 1. The standard InChI is InChI=1S/C13H9Br2ClFN/c14-10-3-1-8(5-11(10)15)7-18-9-2-4-12(16)13(17)6-9/h1-6,18H,7H2. The van der Waals surface area contributed by atoms with E-state index in [-0.39, 0.29) is 5.02 Å². The predicted octanol–water partition coefficient (Wildman–Crippen LogP) is 5.62. The summed E-state index contributed by atoms with van der Waals surface area (Å²) in [5.41, 5.74) is 1.80. The molecule has 0 radical (unpaired) electrons. The molecule has 18 heavy (non-hydrogen) atoms. The van der Waals surface area contributed by atoms with E-state index in [1.165, 1.54) is 12.1 Å². The van der Waals surface area contributed by atoms with Crippen molar-refractivity contribution in [2.75, 3.05) is 5.32 Å². The summed E-state index contributed by atoms with van der Waals surface area (Å²) in [5.74, 6) is -0.418. The quantitative estimate of drug-likeness (QED) is 0.714. The minimum Gasteiger partial charge on any atom is -0.381 e. The maximum atomic E-state index is 13.2. The zero-order valence-electron chi connectivity index (χ0n) is 9.18. The minimum atomic E-state index is -0.418. The molecule has 0 heterocycles. The van der Waals surface area contributed by atoms with Crippen LogP contribution in [0.15, 0.2) is 45.3 Å². The van der Waals surface area contributed by atoms with E-state index in [1.54, 1.807) is 6.07 Å². The van der Waals surface area contributed by atoms with Crippen LogP contribution in [0.5, 0.6) is 0 Å². The molecule has 0 aliphatic heterocycles. The summed E-state index contributed by atoms with van der Waals surface area (Å²) in [6.07, 6.45) is 0. The highest BCUT2D eigenvalue weighted by Crippen LogP contribution is 2.24. The van der Waals surface area contributed by atoms with E-state index in [0.29, 0.717) is 12.2 Å². The molecule has 0 saturated carbocycles. The summed E-state index contributed by atoms with van der Waals surface area (Å²) in [6, 6.07) is 10.6. The van der Waals surface area contributed by atoms with Crippen molar-refractivity contribution in [3.63, 3.8) is 0 Å². The highest BCUT2D eigenvalue weighted by atomic mass is 79.9. The molecule has 0 amide bonds. The first-order valence-corrected chi connectivity index (χ1v) is 7.15. The summed E-state index contributed by atoms with van der Waals surface area (Å²) < 4.78 is 15.2. The van der Waals surface area contributed by atoms with Crippen LogP contribution < -0.4 is 5.32 Å². The third-order valence-electron chi connectivity index (χ3n) is 2.40. The largest absolute Gasteiger partial charge is 0.381 e. The molecule has 1 N–H and O–H groups in total. The van der Waals surface area contributed by atoms with Crippen molar-refractivity contribution in [2.24, 2.45) is 0 Å². The second kappa shape index (κ2) is 6.04. The van der Waals surface area contributed by atoms with Gasteiger partial charge in [-0.1, -0.05) is 17.7 Å². The van der Waals surface area contributed by atoms with Crippen LogP contribution in [0.3, 0.4) is 0 Å². The molecular formula is C13H9Br2ClFN. The number of rotatable bonds is 3. The van der Waals surface area contributed by atoms with Crippen LogP contribution >= 0.6 is 43.5 Å². The van der Waals surface area contributed by atoms with Gasteiger partial charge in [0, 0.05) is 21.2 Å². The zero-order valence-corrected chi connectivity index (χ0v) is 13.1. The average Bonchev–Trinajstić information content (AvgIpc) is 2.35. The lowest BCUT2D eigenvalue weighted by Gasteiger charge is -2.08. The van der Waals surface area contributed by atoms with Crippen molar-refractivity contribution in [1.82, 2.24) is 0 Å². The minimum absolute atomic E-state index is 0.131. The fourth-order valence-electron chi connectivity index (χ4n) is 1.46. The lowest BCUT2D eigenvalue weighted by Crippen LogP contribution is -1.99. The molecule has 0 aliphatic rings. The first-order chi connectivity index (χ1) is 8.56. The van der Waals surface area contributed by atoms with Crippen molar-refractivity contribution >= 4 is 49.1 Å². The van der Waals surface area contributed by atoms with E-state index in [1.807, 2.05) is 18.2 Å². The van der Waals surface area contributed by atoms with E-state index in [0.717, 1.165) is 14.5 Å². The number of benzene rings is 2. The zero-order chi connectivity index (χ0) is 13.1. The van der Waals surface area contributed by atoms with Gasteiger partial charge in [-0.25, -0.2) is 4.39 Å². The fourth-order valence-corrected chi connectivity index (χ4v) is 2.25. The molecule has 0 aliphatic carbocycles. The Morgan fingerprint density at radius 2 is 1.83 bits per heavy atom. The molecular weight excluding hydrogens is 384 g/mol. The van der Waals surface area contributed by atoms with Gasteiger partial charge in [0.1, 0.15) is 5.82 Å². The van der Waals surface area contributed by atoms with E-state index in [2.05, 4.69) is 37.2 Å². The van der Waals surface area contributed by atoms with Crippen molar-refractivity contribution in [2.45, 2.75) is 6.54 Å². The van der Waals surface area contributed by atoms with Gasteiger partial charge in [-0.05, 0) is 67.8 Å². The summed E-state index contributed by atoms with van der Waals surface area (Å²) in [7, 11) is 0. The van der Waals surface area contributed by atoms with Gasteiger partial charge in [0.2, 0.25) is 0 Å². The second-order valence-electron chi connectivity index (χ2n) is 3.73. The Morgan fingerprint density at radius 1 is 1.06 bits per heavy atom. The van der Waals surface area contributed by atoms with Crippen LogP contribution in [0.2, 0.25) is 5.02 Å². The Balaban J connectivity index is 2.06. The predicted molar refractivity (Wildman–Crippen MR) is 80.6 cm³/mol. The molecule has 0 saturated heterocycles. The van der Waals surface area contributed by atoms with Gasteiger partial charge >= 0.3 is 0 Å². The van der Waals surface area contributed by atoms with Gasteiger partial charge in [0.15, 0.2) is 0 Å². The molecule has 0 fully saturated rings. The summed E-state index contributed by atoms with van der Waals surface area (Å²) >= 11 is 12.5. The van der Waals surface area contributed by atoms with Crippen LogP contribution in [0.1, 0.15) is 5.56 Å². The van der Waals surface area contributed by atoms with Crippen LogP contribution in [0, 0.1) is 5.82 Å². The second-order valence-corrected chi connectivity index (χ2v) is 5.85. The SMILES string of the molecule is Fc1cc(NCc2ccc(Br)c(Br)c2)ccc1Cl. The Bertz CT molecular complexity index is 523. The molecule has 94 valence electrons. The molecule has 5 heteroatoms. The van der Waals surface area contributed by atoms with E-state index in [4.69, 9.17) is 11.6 Å². The van der Waals surface area contributed by atoms with Crippen LogP contribution in [-0.2, 0) is 6.54 Å². The maximum absolute atomic E-state index is 13.2. The monoisotopic (exact) mass is 391 g/mol. The smallest absolute Gasteiger partial charge is 0.143 e. The van der Waals surface area contributed by atoms with E-state index < -0.39 is 5.82 Å². The molecule has 0 aromatic heterocycles. The molecule has 1 nitrogen and oxygen atoms in total. The molecule has 0 unspecified atom stereocenters. The van der Waals surface area contributed by atoms with Crippen LogP contribution in [-0.4, -0.2) is 0 Å². The fraction of sp³-hybridized carbons (Fsp3) is 0.0769. The van der Waals surface area contributed by atoms with Gasteiger partial charge in [-0.3, -0.25) is 0 Å². The molecule has 2 rings (SSSR count). The van der Waals surface area contributed by atoms with Gasteiger partial charge in [-0.15, -0.1) is 0 Å².